The third-order valence-corrected chi connectivity index (χ3v) is 5.92. The molecule has 0 N–H and O–H groups in total. The van der Waals surface area contributed by atoms with Crippen molar-refractivity contribution in [3.63, 3.8) is 0 Å². The van der Waals surface area contributed by atoms with E-state index in [1.54, 1.807) is 6.33 Å². The SMILES string of the molecule is CN(C)c1ccnc(N2CCC3CCN(c4ncnc5cnccc45)C3C2)n1. The summed E-state index contributed by atoms with van der Waals surface area (Å²) in [4.78, 5) is 29.3. The predicted molar refractivity (Wildman–Crippen MR) is 110 cm³/mol. The minimum atomic E-state index is 0.409. The molecule has 0 aliphatic carbocycles. The molecule has 2 aliphatic heterocycles. The van der Waals surface area contributed by atoms with E-state index in [2.05, 4.69) is 29.7 Å². The lowest BCUT2D eigenvalue weighted by Gasteiger charge is -2.39. The first kappa shape index (κ1) is 17.1. The number of hydrogen-bond donors (Lipinski definition) is 0. The molecule has 5 heterocycles. The Labute approximate surface area is 164 Å². The van der Waals surface area contributed by atoms with Gasteiger partial charge in [-0.05, 0) is 30.9 Å². The normalized spacial score (nSPS) is 21.8. The standard InChI is InChI=1S/C20H24N8/c1-26(2)18-4-8-22-20(25-18)27-9-5-14-6-10-28(17(14)12-27)19-15-3-7-21-11-16(15)23-13-24-19/h3-4,7-8,11,13-14,17H,5-6,9-10,12H2,1-2H3. The lowest BCUT2D eigenvalue weighted by Crippen LogP contribution is -2.49. The number of nitrogens with zero attached hydrogens (tertiary/aromatic N) is 8. The molecule has 5 rings (SSSR count). The Hall–Kier alpha value is -3.03. The summed E-state index contributed by atoms with van der Waals surface area (Å²) in [7, 11) is 4.01. The van der Waals surface area contributed by atoms with E-state index in [9.17, 15) is 0 Å². The molecule has 0 bridgehead atoms. The van der Waals surface area contributed by atoms with Crippen LogP contribution >= 0.6 is 0 Å². The number of anilines is 3. The van der Waals surface area contributed by atoms with Crippen molar-refractivity contribution in [2.75, 3.05) is 48.4 Å². The van der Waals surface area contributed by atoms with Crippen LogP contribution in [0.3, 0.4) is 0 Å². The molecule has 8 heteroatoms. The Bertz CT molecular complexity index is 985. The van der Waals surface area contributed by atoms with E-state index in [0.29, 0.717) is 12.0 Å². The van der Waals surface area contributed by atoms with Crippen LogP contribution in [0.15, 0.2) is 37.1 Å². The largest absolute Gasteiger partial charge is 0.363 e. The minimum Gasteiger partial charge on any atom is -0.363 e. The highest BCUT2D eigenvalue weighted by Gasteiger charge is 2.40. The minimum absolute atomic E-state index is 0.409. The Kier molecular flexibility index (Phi) is 4.18. The number of aromatic nitrogens is 5. The molecular formula is C20H24N8. The van der Waals surface area contributed by atoms with Crippen LogP contribution in [0.1, 0.15) is 12.8 Å². The van der Waals surface area contributed by atoms with E-state index in [0.717, 1.165) is 54.5 Å². The van der Waals surface area contributed by atoms with Gasteiger partial charge >= 0.3 is 0 Å². The van der Waals surface area contributed by atoms with Crippen molar-refractivity contribution < 1.29 is 0 Å². The molecule has 0 spiro atoms. The molecule has 0 amide bonds. The first-order valence-electron chi connectivity index (χ1n) is 9.77. The third-order valence-electron chi connectivity index (χ3n) is 5.92. The average Bonchev–Trinajstić information content (AvgIpc) is 3.16. The van der Waals surface area contributed by atoms with Crippen molar-refractivity contribution in [1.82, 2.24) is 24.9 Å². The van der Waals surface area contributed by atoms with Gasteiger partial charge in [0.25, 0.3) is 0 Å². The number of hydrogen-bond acceptors (Lipinski definition) is 8. The highest BCUT2D eigenvalue weighted by Crippen LogP contribution is 2.37. The van der Waals surface area contributed by atoms with E-state index < -0.39 is 0 Å². The van der Waals surface area contributed by atoms with Gasteiger partial charge in [0.15, 0.2) is 0 Å². The molecule has 2 atom stereocenters. The number of rotatable bonds is 3. The van der Waals surface area contributed by atoms with Crippen molar-refractivity contribution in [3.8, 4) is 0 Å². The maximum Gasteiger partial charge on any atom is 0.227 e. The van der Waals surface area contributed by atoms with Crippen molar-refractivity contribution in [3.05, 3.63) is 37.1 Å². The van der Waals surface area contributed by atoms with Crippen LogP contribution in [0, 0.1) is 5.92 Å². The Balaban J connectivity index is 1.45. The monoisotopic (exact) mass is 376 g/mol. The fourth-order valence-corrected chi connectivity index (χ4v) is 4.45. The average molecular weight is 376 g/mol. The number of fused-ring (bicyclic) bond motifs is 2. The Morgan fingerprint density at radius 3 is 2.82 bits per heavy atom. The van der Waals surface area contributed by atoms with Crippen LogP contribution < -0.4 is 14.7 Å². The highest BCUT2D eigenvalue weighted by molar-refractivity contribution is 5.88. The Morgan fingerprint density at radius 2 is 1.93 bits per heavy atom. The summed E-state index contributed by atoms with van der Waals surface area (Å²) in [6.07, 6.45) is 9.48. The van der Waals surface area contributed by atoms with Gasteiger partial charge in [-0.1, -0.05) is 0 Å². The molecule has 8 nitrogen and oxygen atoms in total. The van der Waals surface area contributed by atoms with E-state index in [1.165, 1.54) is 6.42 Å². The van der Waals surface area contributed by atoms with Crippen molar-refractivity contribution in [2.45, 2.75) is 18.9 Å². The third kappa shape index (κ3) is 2.89. The zero-order chi connectivity index (χ0) is 19.1. The molecule has 0 radical (unpaired) electrons. The van der Waals surface area contributed by atoms with Crippen LogP contribution in [0.25, 0.3) is 10.9 Å². The summed E-state index contributed by atoms with van der Waals surface area (Å²) in [5.41, 5.74) is 0.894. The van der Waals surface area contributed by atoms with Gasteiger partial charge in [0.05, 0.1) is 17.8 Å². The van der Waals surface area contributed by atoms with Crippen molar-refractivity contribution >= 4 is 28.5 Å². The molecule has 0 aromatic carbocycles. The van der Waals surface area contributed by atoms with E-state index in [4.69, 9.17) is 4.98 Å². The maximum absolute atomic E-state index is 4.75. The van der Waals surface area contributed by atoms with Crippen LogP contribution in [0.4, 0.5) is 17.6 Å². The summed E-state index contributed by atoms with van der Waals surface area (Å²) < 4.78 is 0. The molecule has 28 heavy (non-hydrogen) atoms. The topological polar surface area (TPSA) is 74.2 Å². The predicted octanol–water partition coefficient (Wildman–Crippen LogP) is 1.99. The van der Waals surface area contributed by atoms with Crippen LogP contribution in [-0.4, -0.2) is 64.7 Å². The molecule has 2 unspecified atom stereocenters. The van der Waals surface area contributed by atoms with Crippen molar-refractivity contribution in [2.24, 2.45) is 5.92 Å². The lowest BCUT2D eigenvalue weighted by molar-refractivity contribution is 0.387. The van der Waals surface area contributed by atoms with Gasteiger partial charge in [-0.2, -0.15) is 4.98 Å². The van der Waals surface area contributed by atoms with Gasteiger partial charge in [0.1, 0.15) is 18.0 Å². The highest BCUT2D eigenvalue weighted by atomic mass is 15.3. The summed E-state index contributed by atoms with van der Waals surface area (Å²) in [5, 5.41) is 1.07. The summed E-state index contributed by atoms with van der Waals surface area (Å²) >= 11 is 0. The van der Waals surface area contributed by atoms with Crippen molar-refractivity contribution in [1.29, 1.82) is 0 Å². The van der Waals surface area contributed by atoms with Crippen LogP contribution in [0.2, 0.25) is 0 Å². The first-order valence-corrected chi connectivity index (χ1v) is 9.77. The zero-order valence-corrected chi connectivity index (χ0v) is 16.2. The molecule has 2 fully saturated rings. The van der Waals surface area contributed by atoms with E-state index in [-0.39, 0.29) is 0 Å². The second kappa shape index (κ2) is 6.85. The Morgan fingerprint density at radius 1 is 1.04 bits per heavy atom. The number of piperidine rings is 1. The number of pyridine rings is 1. The van der Waals surface area contributed by atoms with Gasteiger partial charge in [-0.3, -0.25) is 4.98 Å². The zero-order valence-electron chi connectivity index (χ0n) is 16.2. The van der Waals surface area contributed by atoms with Gasteiger partial charge in [0, 0.05) is 51.5 Å². The second-order valence-electron chi connectivity index (χ2n) is 7.74. The first-order chi connectivity index (χ1) is 13.7. The van der Waals surface area contributed by atoms with Gasteiger partial charge in [-0.15, -0.1) is 0 Å². The fraction of sp³-hybridized carbons (Fsp3) is 0.450. The summed E-state index contributed by atoms with van der Waals surface area (Å²) in [5.74, 6) is 3.45. The molecule has 2 saturated heterocycles. The molecular weight excluding hydrogens is 352 g/mol. The van der Waals surface area contributed by atoms with Gasteiger partial charge < -0.3 is 14.7 Å². The summed E-state index contributed by atoms with van der Waals surface area (Å²) in [6, 6.07) is 4.37. The van der Waals surface area contributed by atoms with Gasteiger partial charge in [0.2, 0.25) is 5.95 Å². The molecule has 2 aliphatic rings. The molecule has 3 aromatic heterocycles. The smallest absolute Gasteiger partial charge is 0.227 e. The van der Waals surface area contributed by atoms with E-state index >= 15 is 0 Å². The lowest BCUT2D eigenvalue weighted by atomic mass is 9.92. The molecule has 3 aromatic rings. The second-order valence-corrected chi connectivity index (χ2v) is 7.74. The fourth-order valence-electron chi connectivity index (χ4n) is 4.45. The van der Waals surface area contributed by atoms with E-state index in [1.807, 2.05) is 49.7 Å². The van der Waals surface area contributed by atoms with Gasteiger partial charge in [-0.25, -0.2) is 15.0 Å². The summed E-state index contributed by atoms with van der Waals surface area (Å²) in [6.45, 7) is 2.94. The molecule has 0 saturated carbocycles. The van der Waals surface area contributed by atoms with Crippen LogP contribution in [-0.2, 0) is 0 Å². The van der Waals surface area contributed by atoms with Crippen LogP contribution in [0.5, 0.6) is 0 Å². The molecule has 144 valence electrons. The maximum atomic E-state index is 4.75. The quantitative estimate of drug-likeness (QED) is 0.687.